The number of rotatable bonds is 7. The molecular formula is C16H28BrN3S. The maximum absolute atomic E-state index is 4.79. The minimum Gasteiger partial charge on any atom is -0.369 e. The second-order valence-corrected chi connectivity index (χ2v) is 8.56. The van der Waals surface area contributed by atoms with E-state index in [1.54, 1.807) is 0 Å². The second kappa shape index (κ2) is 8.37. The van der Waals surface area contributed by atoms with Crippen molar-refractivity contribution in [1.29, 1.82) is 0 Å². The summed E-state index contributed by atoms with van der Waals surface area (Å²) < 4.78 is 1.00. The molecule has 5 heteroatoms. The molecule has 1 heterocycles. The molecule has 0 saturated carbocycles. The summed E-state index contributed by atoms with van der Waals surface area (Å²) in [5, 5.41) is 3.41. The van der Waals surface area contributed by atoms with Crippen LogP contribution in [0, 0.1) is 5.92 Å². The first kappa shape index (κ1) is 18.8. The van der Waals surface area contributed by atoms with E-state index in [2.05, 4.69) is 62.8 Å². The van der Waals surface area contributed by atoms with Crippen molar-refractivity contribution in [3.05, 3.63) is 16.0 Å². The average molecular weight is 374 g/mol. The van der Waals surface area contributed by atoms with Crippen LogP contribution in [0.25, 0.3) is 0 Å². The molecule has 0 fully saturated rings. The highest BCUT2D eigenvalue weighted by Crippen LogP contribution is 2.33. The quantitative estimate of drug-likeness (QED) is 0.708. The van der Waals surface area contributed by atoms with Gasteiger partial charge in [-0.1, -0.05) is 41.5 Å². The van der Waals surface area contributed by atoms with Gasteiger partial charge in [0.2, 0.25) is 0 Å². The Morgan fingerprint density at radius 3 is 2.43 bits per heavy atom. The van der Waals surface area contributed by atoms with E-state index in [0.717, 1.165) is 46.3 Å². The van der Waals surface area contributed by atoms with Gasteiger partial charge in [0.25, 0.3) is 0 Å². The molecule has 0 aliphatic carbocycles. The average Bonchev–Trinajstić information content (AvgIpc) is 2.37. The number of hydrogen-bond donors (Lipinski definition) is 1. The van der Waals surface area contributed by atoms with Crippen molar-refractivity contribution < 1.29 is 0 Å². The SMILES string of the molecule is CCCNc1nc(CSCC(C)C)nc(C(C)(C)C)c1Br. The Morgan fingerprint density at radius 2 is 1.90 bits per heavy atom. The number of nitrogens with zero attached hydrogens (tertiary/aromatic N) is 2. The van der Waals surface area contributed by atoms with Crippen molar-refractivity contribution in [2.45, 2.75) is 59.1 Å². The highest BCUT2D eigenvalue weighted by molar-refractivity contribution is 9.10. The molecule has 21 heavy (non-hydrogen) atoms. The number of nitrogens with one attached hydrogen (secondary N) is 1. The van der Waals surface area contributed by atoms with Gasteiger partial charge in [0.1, 0.15) is 11.6 Å². The fourth-order valence-electron chi connectivity index (χ4n) is 1.80. The lowest BCUT2D eigenvalue weighted by Crippen LogP contribution is -2.18. The maximum atomic E-state index is 4.79. The normalized spacial score (nSPS) is 12.0. The summed E-state index contributed by atoms with van der Waals surface area (Å²) in [4.78, 5) is 9.48. The van der Waals surface area contributed by atoms with Crippen molar-refractivity contribution in [3.8, 4) is 0 Å². The molecule has 0 atom stereocenters. The molecule has 0 amide bonds. The van der Waals surface area contributed by atoms with Crippen LogP contribution >= 0.6 is 27.7 Å². The Bertz CT molecular complexity index is 456. The van der Waals surface area contributed by atoms with Crippen molar-refractivity contribution in [2.75, 3.05) is 17.6 Å². The van der Waals surface area contributed by atoms with Gasteiger partial charge < -0.3 is 5.32 Å². The van der Waals surface area contributed by atoms with E-state index in [0.29, 0.717) is 5.92 Å². The van der Waals surface area contributed by atoms with Crippen LogP contribution in [0.1, 0.15) is 59.5 Å². The van der Waals surface area contributed by atoms with Crippen LogP contribution in [-0.2, 0) is 11.2 Å². The smallest absolute Gasteiger partial charge is 0.144 e. The highest BCUT2D eigenvalue weighted by Gasteiger charge is 2.23. The summed E-state index contributed by atoms with van der Waals surface area (Å²) in [6, 6.07) is 0. The molecule has 0 spiro atoms. The van der Waals surface area contributed by atoms with Gasteiger partial charge >= 0.3 is 0 Å². The molecule has 1 aromatic rings. The van der Waals surface area contributed by atoms with E-state index in [9.17, 15) is 0 Å². The van der Waals surface area contributed by atoms with Crippen LogP contribution in [0.5, 0.6) is 0 Å². The van der Waals surface area contributed by atoms with Crippen LogP contribution in [0.15, 0.2) is 4.47 Å². The number of thioether (sulfide) groups is 1. The molecule has 120 valence electrons. The fraction of sp³-hybridized carbons (Fsp3) is 0.750. The molecular weight excluding hydrogens is 346 g/mol. The second-order valence-electron chi connectivity index (χ2n) is 6.74. The molecule has 1 aromatic heterocycles. The molecule has 0 radical (unpaired) electrons. The van der Waals surface area contributed by atoms with Crippen molar-refractivity contribution in [3.63, 3.8) is 0 Å². The van der Waals surface area contributed by atoms with Gasteiger partial charge in [0, 0.05) is 12.0 Å². The summed E-state index contributed by atoms with van der Waals surface area (Å²) in [7, 11) is 0. The zero-order valence-corrected chi connectivity index (χ0v) is 16.5. The van der Waals surface area contributed by atoms with Crippen LogP contribution < -0.4 is 5.32 Å². The van der Waals surface area contributed by atoms with Crippen LogP contribution in [0.3, 0.4) is 0 Å². The molecule has 0 bridgehead atoms. The lowest BCUT2D eigenvalue weighted by Gasteiger charge is -2.22. The molecule has 0 unspecified atom stereocenters. The Morgan fingerprint density at radius 1 is 1.24 bits per heavy atom. The summed E-state index contributed by atoms with van der Waals surface area (Å²) in [6.45, 7) is 14.1. The van der Waals surface area contributed by atoms with Crippen molar-refractivity contribution in [1.82, 2.24) is 9.97 Å². The third-order valence-electron chi connectivity index (χ3n) is 2.83. The molecule has 1 rings (SSSR count). The van der Waals surface area contributed by atoms with Gasteiger partial charge in [-0.25, -0.2) is 9.97 Å². The molecule has 0 saturated heterocycles. The van der Waals surface area contributed by atoms with Gasteiger partial charge in [0.05, 0.1) is 15.9 Å². The lowest BCUT2D eigenvalue weighted by molar-refractivity contribution is 0.560. The summed E-state index contributed by atoms with van der Waals surface area (Å²) >= 11 is 5.58. The first-order valence-electron chi connectivity index (χ1n) is 7.64. The number of halogens is 1. The predicted octanol–water partition coefficient (Wildman–Crippen LogP) is 5.25. The van der Waals surface area contributed by atoms with E-state index in [4.69, 9.17) is 9.97 Å². The summed E-state index contributed by atoms with van der Waals surface area (Å²) in [5.74, 6) is 4.56. The molecule has 0 aliphatic rings. The van der Waals surface area contributed by atoms with E-state index < -0.39 is 0 Å². The maximum Gasteiger partial charge on any atom is 0.144 e. The van der Waals surface area contributed by atoms with Gasteiger partial charge in [-0.15, -0.1) is 0 Å². The van der Waals surface area contributed by atoms with E-state index >= 15 is 0 Å². The molecule has 1 N–H and O–H groups in total. The summed E-state index contributed by atoms with van der Waals surface area (Å²) in [6.07, 6.45) is 1.08. The lowest BCUT2D eigenvalue weighted by atomic mass is 9.92. The van der Waals surface area contributed by atoms with E-state index in [1.807, 2.05) is 11.8 Å². The molecule has 0 aromatic carbocycles. The van der Waals surface area contributed by atoms with Gasteiger partial charge in [-0.3, -0.25) is 0 Å². The van der Waals surface area contributed by atoms with Crippen molar-refractivity contribution in [2.24, 2.45) is 5.92 Å². The van der Waals surface area contributed by atoms with E-state index in [1.165, 1.54) is 0 Å². The van der Waals surface area contributed by atoms with Gasteiger partial charge in [0.15, 0.2) is 0 Å². The third kappa shape index (κ3) is 6.15. The number of aromatic nitrogens is 2. The number of hydrogen-bond acceptors (Lipinski definition) is 4. The minimum atomic E-state index is 0.00187. The number of anilines is 1. The van der Waals surface area contributed by atoms with Gasteiger partial charge in [-0.05, 0) is 34.0 Å². The molecule has 3 nitrogen and oxygen atoms in total. The highest BCUT2D eigenvalue weighted by atomic mass is 79.9. The Kier molecular flexibility index (Phi) is 7.48. The van der Waals surface area contributed by atoms with Gasteiger partial charge in [-0.2, -0.15) is 11.8 Å². The first-order chi connectivity index (χ1) is 9.75. The minimum absolute atomic E-state index is 0.00187. The van der Waals surface area contributed by atoms with Crippen molar-refractivity contribution >= 4 is 33.5 Å². The molecule has 0 aliphatic heterocycles. The topological polar surface area (TPSA) is 37.8 Å². The largest absolute Gasteiger partial charge is 0.369 e. The van der Waals surface area contributed by atoms with Crippen LogP contribution in [-0.4, -0.2) is 22.3 Å². The Balaban J connectivity index is 3.02. The van der Waals surface area contributed by atoms with Crippen LogP contribution in [0.4, 0.5) is 5.82 Å². The van der Waals surface area contributed by atoms with E-state index in [-0.39, 0.29) is 5.41 Å². The zero-order chi connectivity index (χ0) is 16.0. The third-order valence-corrected chi connectivity index (χ3v) is 4.95. The monoisotopic (exact) mass is 373 g/mol. The Hall–Kier alpha value is -0.290. The zero-order valence-electron chi connectivity index (χ0n) is 14.1. The fourth-order valence-corrected chi connectivity index (χ4v) is 3.61. The summed E-state index contributed by atoms with van der Waals surface area (Å²) in [5.41, 5.74) is 1.08. The first-order valence-corrected chi connectivity index (χ1v) is 9.59. The Labute approximate surface area is 142 Å². The van der Waals surface area contributed by atoms with Crippen LogP contribution in [0.2, 0.25) is 0 Å². The predicted molar refractivity (Wildman–Crippen MR) is 98.2 cm³/mol. The standard InChI is InChI=1S/C16H28BrN3S/c1-7-8-18-15-13(17)14(16(4,5)6)19-12(20-15)10-21-9-11(2)3/h11H,7-10H2,1-6H3,(H,18,19,20).